The van der Waals surface area contributed by atoms with Crippen molar-refractivity contribution >= 4 is 16.3 Å². The molecule has 0 aliphatic carbocycles. The summed E-state index contributed by atoms with van der Waals surface area (Å²) in [7, 11) is -2.96. The van der Waals surface area contributed by atoms with Gasteiger partial charge in [-0.25, -0.2) is 9.52 Å². The first kappa shape index (κ1) is 13.2. The van der Waals surface area contributed by atoms with Gasteiger partial charge in [-0.2, -0.15) is 13.1 Å². The summed E-state index contributed by atoms with van der Waals surface area (Å²) in [5.41, 5.74) is -1.22. The van der Waals surface area contributed by atoms with Crippen LogP contribution in [0.5, 0.6) is 0 Å². The van der Waals surface area contributed by atoms with Gasteiger partial charge in [-0.15, -0.1) is 0 Å². The number of nitrogens with one attached hydrogen (secondary N) is 2. The molecule has 1 amide bonds. The molecule has 0 spiro atoms. The number of carbonyl (C=O) groups excluding carboxylic acids is 1. The lowest BCUT2D eigenvalue weighted by Crippen LogP contribution is -2.48. The molecule has 1 aliphatic rings. The number of amides is 1. The van der Waals surface area contributed by atoms with Crippen molar-refractivity contribution < 1.29 is 27.8 Å². The van der Waals surface area contributed by atoms with Crippen molar-refractivity contribution in [3.8, 4) is 0 Å². The zero-order valence-electron chi connectivity index (χ0n) is 8.73. The molecule has 0 bridgehead atoms. The van der Waals surface area contributed by atoms with Gasteiger partial charge in [-0.05, 0) is 0 Å². The molecule has 9 heteroatoms. The van der Waals surface area contributed by atoms with E-state index in [1.54, 1.807) is 4.72 Å². The zero-order chi connectivity index (χ0) is 12.2. The Morgan fingerprint density at radius 3 is 2.81 bits per heavy atom. The summed E-state index contributed by atoms with van der Waals surface area (Å²) in [5, 5.41) is 9.75. The summed E-state index contributed by atoms with van der Waals surface area (Å²) in [4.78, 5) is 10.7. The van der Waals surface area contributed by atoms with Gasteiger partial charge < -0.3 is 14.6 Å². The number of rotatable bonds is 4. The Morgan fingerprint density at radius 2 is 2.31 bits per heavy atom. The van der Waals surface area contributed by atoms with E-state index in [0.717, 1.165) is 7.11 Å². The van der Waals surface area contributed by atoms with E-state index in [4.69, 9.17) is 4.74 Å². The fourth-order valence-corrected chi connectivity index (χ4v) is 1.99. The lowest BCUT2D eigenvalue weighted by atomic mass is 10.1. The van der Waals surface area contributed by atoms with Crippen LogP contribution in [-0.4, -0.2) is 52.1 Å². The summed E-state index contributed by atoms with van der Waals surface area (Å²) in [5.74, 6) is 0. The standard InChI is InChI=1S/C7H14N2O6S/c1-14-6(10)9-16(12,13)8-4-7(11)2-3-15-5-7/h8,11H,2-5H2,1H3,(H,9,10). The molecular formula is C7H14N2O6S. The normalized spacial score (nSPS) is 25.4. The average Bonchev–Trinajstić information content (AvgIpc) is 2.63. The highest BCUT2D eigenvalue weighted by molar-refractivity contribution is 7.88. The first-order valence-electron chi connectivity index (χ1n) is 4.52. The van der Waals surface area contributed by atoms with Crippen LogP contribution in [0, 0.1) is 0 Å². The van der Waals surface area contributed by atoms with Crippen LogP contribution < -0.4 is 9.44 Å². The maximum Gasteiger partial charge on any atom is 0.421 e. The van der Waals surface area contributed by atoms with E-state index >= 15 is 0 Å². The van der Waals surface area contributed by atoms with Crippen molar-refractivity contribution in [2.75, 3.05) is 26.9 Å². The molecule has 1 atom stereocenters. The Kier molecular flexibility index (Phi) is 4.08. The van der Waals surface area contributed by atoms with Crippen LogP contribution in [0.4, 0.5) is 4.79 Å². The number of hydrogen-bond donors (Lipinski definition) is 3. The van der Waals surface area contributed by atoms with Gasteiger partial charge in [0.05, 0.1) is 13.7 Å². The third kappa shape index (κ3) is 3.93. The van der Waals surface area contributed by atoms with Crippen molar-refractivity contribution in [1.82, 2.24) is 9.44 Å². The minimum Gasteiger partial charge on any atom is -0.452 e. The SMILES string of the molecule is COC(=O)NS(=O)(=O)NCC1(O)CCOC1. The molecule has 8 nitrogen and oxygen atoms in total. The molecule has 1 fully saturated rings. The second-order valence-electron chi connectivity index (χ2n) is 3.45. The molecule has 1 saturated heterocycles. The van der Waals surface area contributed by atoms with Gasteiger partial charge in [-0.1, -0.05) is 0 Å². The van der Waals surface area contributed by atoms with E-state index in [0.29, 0.717) is 13.0 Å². The van der Waals surface area contributed by atoms with E-state index in [9.17, 15) is 18.3 Å². The van der Waals surface area contributed by atoms with Crippen LogP contribution in [0.3, 0.4) is 0 Å². The van der Waals surface area contributed by atoms with E-state index in [1.165, 1.54) is 0 Å². The summed E-state index contributed by atoms with van der Waals surface area (Å²) in [6.07, 6.45) is -0.754. The lowest BCUT2D eigenvalue weighted by molar-refractivity contribution is 0.0314. The van der Waals surface area contributed by atoms with Crippen molar-refractivity contribution in [2.45, 2.75) is 12.0 Å². The summed E-state index contributed by atoms with van der Waals surface area (Å²) < 4.78 is 35.1. The predicted octanol–water partition coefficient (Wildman–Crippen LogP) is -1.67. The van der Waals surface area contributed by atoms with E-state index in [2.05, 4.69) is 4.74 Å². The maximum absolute atomic E-state index is 11.2. The summed E-state index contributed by atoms with van der Waals surface area (Å²) in [6.45, 7) is 0.218. The van der Waals surface area contributed by atoms with Crippen LogP contribution in [0.15, 0.2) is 0 Å². The van der Waals surface area contributed by atoms with Crippen LogP contribution in [0.1, 0.15) is 6.42 Å². The van der Waals surface area contributed by atoms with E-state index < -0.39 is 21.9 Å². The maximum atomic E-state index is 11.2. The molecule has 1 rings (SSSR count). The van der Waals surface area contributed by atoms with Crippen molar-refractivity contribution in [2.24, 2.45) is 0 Å². The average molecular weight is 254 g/mol. The van der Waals surface area contributed by atoms with E-state index in [1.807, 2.05) is 4.72 Å². The number of ether oxygens (including phenoxy) is 2. The van der Waals surface area contributed by atoms with Gasteiger partial charge in [0, 0.05) is 19.6 Å². The van der Waals surface area contributed by atoms with Crippen LogP contribution in [0.2, 0.25) is 0 Å². The summed E-state index contributed by atoms with van der Waals surface area (Å²) >= 11 is 0. The minimum absolute atomic E-state index is 0.0632. The minimum atomic E-state index is -4.01. The monoisotopic (exact) mass is 254 g/mol. The highest BCUT2D eigenvalue weighted by atomic mass is 32.2. The third-order valence-electron chi connectivity index (χ3n) is 2.08. The molecular weight excluding hydrogens is 240 g/mol. The number of aliphatic hydroxyl groups is 1. The molecule has 1 heterocycles. The second-order valence-corrected chi connectivity index (χ2v) is 4.94. The second kappa shape index (κ2) is 4.95. The molecule has 16 heavy (non-hydrogen) atoms. The first-order chi connectivity index (χ1) is 7.37. The van der Waals surface area contributed by atoms with Gasteiger partial charge >= 0.3 is 16.3 Å². The first-order valence-corrected chi connectivity index (χ1v) is 6.01. The Balaban J connectivity index is 2.44. The van der Waals surface area contributed by atoms with Gasteiger partial charge in [0.1, 0.15) is 5.60 Å². The highest BCUT2D eigenvalue weighted by Gasteiger charge is 2.33. The topological polar surface area (TPSA) is 114 Å². The van der Waals surface area contributed by atoms with Crippen molar-refractivity contribution in [1.29, 1.82) is 0 Å². The van der Waals surface area contributed by atoms with Gasteiger partial charge in [0.25, 0.3) is 0 Å². The molecule has 1 unspecified atom stereocenters. The van der Waals surface area contributed by atoms with Crippen LogP contribution in [-0.2, 0) is 19.7 Å². The van der Waals surface area contributed by atoms with E-state index in [-0.39, 0.29) is 13.2 Å². The molecule has 3 N–H and O–H groups in total. The van der Waals surface area contributed by atoms with Crippen molar-refractivity contribution in [3.63, 3.8) is 0 Å². The largest absolute Gasteiger partial charge is 0.452 e. The quantitative estimate of drug-likeness (QED) is 0.552. The Morgan fingerprint density at radius 1 is 1.62 bits per heavy atom. The number of hydrogen-bond acceptors (Lipinski definition) is 6. The van der Waals surface area contributed by atoms with Gasteiger partial charge in [0.2, 0.25) is 0 Å². The van der Waals surface area contributed by atoms with Gasteiger partial charge in [0.15, 0.2) is 0 Å². The van der Waals surface area contributed by atoms with Gasteiger partial charge in [-0.3, -0.25) is 0 Å². The molecule has 0 radical (unpaired) electrons. The van der Waals surface area contributed by atoms with Crippen LogP contribution in [0.25, 0.3) is 0 Å². The molecule has 1 aliphatic heterocycles. The summed E-state index contributed by atoms with van der Waals surface area (Å²) in [6, 6.07) is 0. The molecule has 94 valence electrons. The third-order valence-corrected chi connectivity index (χ3v) is 3.04. The Labute approximate surface area is 93.1 Å². The lowest BCUT2D eigenvalue weighted by Gasteiger charge is -2.20. The molecule has 0 aromatic heterocycles. The number of carbonyl (C=O) groups is 1. The highest BCUT2D eigenvalue weighted by Crippen LogP contribution is 2.16. The molecule has 0 aromatic rings. The predicted molar refractivity (Wildman–Crippen MR) is 52.8 cm³/mol. The number of methoxy groups -OCH3 is 1. The smallest absolute Gasteiger partial charge is 0.421 e. The fourth-order valence-electron chi connectivity index (χ4n) is 1.15. The zero-order valence-corrected chi connectivity index (χ0v) is 9.54. The Hall–Kier alpha value is -0.900. The van der Waals surface area contributed by atoms with Crippen molar-refractivity contribution in [3.05, 3.63) is 0 Å². The fraction of sp³-hybridized carbons (Fsp3) is 0.857. The Bertz CT molecular complexity index is 348. The van der Waals surface area contributed by atoms with Crippen LogP contribution >= 0.6 is 0 Å². The molecule has 0 saturated carbocycles. The molecule has 0 aromatic carbocycles.